The second kappa shape index (κ2) is 9.46. The summed E-state index contributed by atoms with van der Waals surface area (Å²) in [4.78, 5) is 57.4. The largest absolute Gasteiger partial charge is 0.810 e. The van der Waals surface area contributed by atoms with E-state index in [1.165, 1.54) is 0 Å². The van der Waals surface area contributed by atoms with Gasteiger partial charge in [-0.3, -0.25) is 4.79 Å². The van der Waals surface area contributed by atoms with Crippen LogP contribution in [0.15, 0.2) is 0 Å². The maximum atomic E-state index is 12.8. The van der Waals surface area contributed by atoms with Crippen molar-refractivity contribution in [2.24, 2.45) is 0 Å². The van der Waals surface area contributed by atoms with Crippen LogP contribution in [0.1, 0.15) is 66.2 Å². The fourth-order valence-corrected chi connectivity index (χ4v) is 5.52. The zero-order valence-electron chi connectivity index (χ0n) is 14.7. The average molecular weight is 383 g/mol. The molecule has 0 spiro atoms. The van der Waals surface area contributed by atoms with Crippen LogP contribution >= 0.6 is 15.2 Å². The molecule has 0 heterocycles. The summed E-state index contributed by atoms with van der Waals surface area (Å²) in [5, 5.41) is 0. The van der Waals surface area contributed by atoms with Crippen molar-refractivity contribution in [1.29, 1.82) is 0 Å². The standard InChI is InChI=1S/C14H31NO7P2/c1-5-8-10-12(4)15(7-3)13(16)14(11-9-6-2,23(17,18)19)24(20,21)22/h12H,5-11H2,1-4H3,(H2,17,18,19)(H2,20,21,22)/p-4. The van der Waals surface area contributed by atoms with Crippen LogP contribution in [0.25, 0.3) is 0 Å². The number of amides is 1. The highest BCUT2D eigenvalue weighted by Crippen LogP contribution is 2.64. The van der Waals surface area contributed by atoms with Crippen LogP contribution in [0.4, 0.5) is 0 Å². The molecule has 0 aromatic carbocycles. The van der Waals surface area contributed by atoms with Gasteiger partial charge in [-0.1, -0.05) is 39.5 Å². The summed E-state index contributed by atoms with van der Waals surface area (Å²) in [5.74, 6) is -1.40. The minimum Gasteiger partial charge on any atom is -0.810 e. The van der Waals surface area contributed by atoms with E-state index >= 15 is 0 Å². The molecule has 0 aromatic heterocycles. The second-order valence-corrected chi connectivity index (χ2v) is 9.87. The van der Waals surface area contributed by atoms with E-state index in [0.717, 1.165) is 17.7 Å². The number of nitrogens with zero attached hydrogens (tertiary/aromatic N) is 1. The molecule has 8 nitrogen and oxygen atoms in total. The van der Waals surface area contributed by atoms with Crippen LogP contribution in [0.2, 0.25) is 0 Å². The molecule has 0 aromatic rings. The fraction of sp³-hybridized carbons (Fsp3) is 0.929. The predicted octanol–water partition coefficient (Wildman–Crippen LogP) is 0.128. The van der Waals surface area contributed by atoms with Crippen LogP contribution in [-0.2, 0) is 13.9 Å². The van der Waals surface area contributed by atoms with Gasteiger partial charge >= 0.3 is 0 Å². The van der Waals surface area contributed by atoms with Crippen LogP contribution < -0.4 is 19.6 Å². The van der Waals surface area contributed by atoms with Crippen LogP contribution in [0.3, 0.4) is 0 Å². The predicted molar refractivity (Wildman–Crippen MR) is 83.8 cm³/mol. The molecule has 0 radical (unpaired) electrons. The number of rotatable bonds is 11. The Kier molecular flexibility index (Phi) is 9.37. The van der Waals surface area contributed by atoms with Crippen LogP contribution in [0.5, 0.6) is 0 Å². The molecule has 10 heteroatoms. The summed E-state index contributed by atoms with van der Waals surface area (Å²) >= 11 is 0. The van der Waals surface area contributed by atoms with Crippen molar-refractivity contribution in [3.63, 3.8) is 0 Å². The summed E-state index contributed by atoms with van der Waals surface area (Å²) < 4.78 is 23.5. The molecule has 1 amide bonds. The molecule has 0 saturated heterocycles. The van der Waals surface area contributed by atoms with Gasteiger partial charge in [-0.2, -0.15) is 0 Å². The fourth-order valence-electron chi connectivity index (χ4n) is 2.73. The minimum absolute atomic E-state index is 0.0115. The highest BCUT2D eigenvalue weighted by molar-refractivity contribution is 7.71. The normalized spacial score (nSPS) is 14.5. The molecule has 0 aliphatic heterocycles. The van der Waals surface area contributed by atoms with Gasteiger partial charge in [-0.15, -0.1) is 0 Å². The maximum Gasteiger partial charge on any atom is 0.239 e. The molecule has 24 heavy (non-hydrogen) atoms. The van der Waals surface area contributed by atoms with Crippen LogP contribution in [0, 0.1) is 0 Å². The Bertz CT molecular complexity index is 477. The first-order valence-corrected chi connectivity index (χ1v) is 11.3. The molecule has 0 fully saturated rings. The van der Waals surface area contributed by atoms with Crippen molar-refractivity contribution in [2.45, 2.75) is 77.2 Å². The number of carbonyl (C=O) groups excluding carboxylic acids is 1. The van der Waals surface area contributed by atoms with Gasteiger partial charge in [0.2, 0.25) is 5.91 Å². The summed E-state index contributed by atoms with van der Waals surface area (Å²) in [5.41, 5.74) is 0. The summed E-state index contributed by atoms with van der Waals surface area (Å²) in [6.45, 7) is 6.77. The third kappa shape index (κ3) is 5.13. The molecular formula is C14H27NO7P2-4. The number of carbonyl (C=O) groups is 1. The smallest absolute Gasteiger partial charge is 0.239 e. The summed E-state index contributed by atoms with van der Waals surface area (Å²) in [6.07, 6.45) is 1.60. The topological polar surface area (TPSA) is 147 Å². The lowest BCUT2D eigenvalue weighted by Crippen LogP contribution is -2.58. The van der Waals surface area contributed by atoms with Crippen LogP contribution in [-0.4, -0.2) is 28.3 Å². The van der Waals surface area contributed by atoms with Gasteiger partial charge in [0.15, 0.2) is 0 Å². The molecule has 0 aliphatic rings. The van der Waals surface area contributed by atoms with E-state index in [9.17, 15) is 33.5 Å². The Hall–Kier alpha value is -0.230. The quantitative estimate of drug-likeness (QED) is 0.461. The monoisotopic (exact) mass is 383 g/mol. The van der Waals surface area contributed by atoms with Gasteiger partial charge < -0.3 is 33.6 Å². The Morgan fingerprint density at radius 1 is 1.00 bits per heavy atom. The van der Waals surface area contributed by atoms with E-state index in [4.69, 9.17) is 0 Å². The Morgan fingerprint density at radius 3 is 1.79 bits per heavy atom. The number of hydrogen-bond donors (Lipinski definition) is 0. The van der Waals surface area contributed by atoms with Gasteiger partial charge in [0.05, 0.1) is 0 Å². The molecule has 0 bridgehead atoms. The van der Waals surface area contributed by atoms with Crippen molar-refractivity contribution in [2.75, 3.05) is 6.54 Å². The maximum absolute atomic E-state index is 12.8. The number of hydrogen-bond acceptors (Lipinski definition) is 7. The molecule has 1 atom stereocenters. The molecule has 0 N–H and O–H groups in total. The van der Waals surface area contributed by atoms with Crippen molar-refractivity contribution in [1.82, 2.24) is 4.90 Å². The van der Waals surface area contributed by atoms with Crippen molar-refractivity contribution < 1.29 is 33.5 Å². The van der Waals surface area contributed by atoms with E-state index in [-0.39, 0.29) is 13.0 Å². The molecule has 0 saturated carbocycles. The molecule has 144 valence electrons. The summed E-state index contributed by atoms with van der Waals surface area (Å²) in [6, 6.07) is -0.471. The lowest BCUT2D eigenvalue weighted by atomic mass is 10.1. The van der Waals surface area contributed by atoms with Gasteiger partial charge in [-0.25, -0.2) is 0 Å². The summed E-state index contributed by atoms with van der Waals surface area (Å²) in [7, 11) is -12.1. The van der Waals surface area contributed by atoms with E-state index in [2.05, 4.69) is 0 Å². The molecular weight excluding hydrogens is 356 g/mol. The van der Waals surface area contributed by atoms with Gasteiger partial charge in [0.1, 0.15) is 4.90 Å². The third-order valence-electron chi connectivity index (χ3n) is 4.24. The average Bonchev–Trinajstić information content (AvgIpc) is 2.43. The lowest BCUT2D eigenvalue weighted by Gasteiger charge is -2.59. The minimum atomic E-state index is -6.03. The van der Waals surface area contributed by atoms with Gasteiger partial charge in [0.25, 0.3) is 0 Å². The molecule has 1 unspecified atom stereocenters. The second-order valence-electron chi connectivity index (χ2n) is 6.00. The van der Waals surface area contributed by atoms with E-state index < -0.39 is 38.5 Å². The zero-order chi connectivity index (χ0) is 19.2. The van der Waals surface area contributed by atoms with E-state index in [1.807, 2.05) is 6.92 Å². The third-order valence-corrected chi connectivity index (χ3v) is 8.35. The van der Waals surface area contributed by atoms with Crippen molar-refractivity contribution >= 4 is 21.1 Å². The first-order chi connectivity index (χ1) is 10.9. The van der Waals surface area contributed by atoms with E-state index in [1.54, 1.807) is 20.8 Å². The first kappa shape index (κ1) is 23.8. The highest BCUT2D eigenvalue weighted by atomic mass is 31.2. The zero-order valence-corrected chi connectivity index (χ0v) is 16.5. The number of unbranched alkanes of at least 4 members (excludes halogenated alkanes) is 2. The Labute approximate surface area is 144 Å². The van der Waals surface area contributed by atoms with Gasteiger partial charge in [0, 0.05) is 12.6 Å². The van der Waals surface area contributed by atoms with E-state index in [0.29, 0.717) is 12.8 Å². The molecule has 0 rings (SSSR count). The molecule has 0 aliphatic carbocycles. The lowest BCUT2D eigenvalue weighted by molar-refractivity contribution is -0.335. The SMILES string of the molecule is CCCCC(C)N(CC)C(=O)C(CCCC)(P(=O)([O-])[O-])P(=O)([O-])[O-]. The highest BCUT2D eigenvalue weighted by Gasteiger charge is 2.47. The Morgan fingerprint density at radius 2 is 1.46 bits per heavy atom. The Balaban J connectivity index is 6.07. The van der Waals surface area contributed by atoms with Crippen molar-refractivity contribution in [3.8, 4) is 0 Å². The van der Waals surface area contributed by atoms with Gasteiger partial charge in [-0.05, 0) is 41.9 Å². The van der Waals surface area contributed by atoms with Crippen molar-refractivity contribution in [3.05, 3.63) is 0 Å². The first-order valence-electron chi connectivity index (χ1n) is 8.26.